The van der Waals surface area contributed by atoms with Gasteiger partial charge < -0.3 is 0 Å². The van der Waals surface area contributed by atoms with Crippen LogP contribution in [0, 0.1) is 17.6 Å². The molecule has 100 valence electrons. The van der Waals surface area contributed by atoms with Gasteiger partial charge >= 0.3 is 0 Å². The molecule has 6 heteroatoms. The lowest BCUT2D eigenvalue weighted by Crippen LogP contribution is -2.19. The van der Waals surface area contributed by atoms with Gasteiger partial charge in [0.15, 0.2) is 9.84 Å². The van der Waals surface area contributed by atoms with Gasteiger partial charge in [0, 0.05) is 11.4 Å². The van der Waals surface area contributed by atoms with Gasteiger partial charge in [0.2, 0.25) is 0 Å². The number of sulfone groups is 1. The highest BCUT2D eigenvalue weighted by molar-refractivity contribution is 7.91. The van der Waals surface area contributed by atoms with Crippen LogP contribution in [0.3, 0.4) is 0 Å². The largest absolute Gasteiger partial charge is 0.229 e. The maximum Gasteiger partial charge on any atom is 0.150 e. The lowest BCUT2D eigenvalue weighted by atomic mass is 9.98. The predicted octanol–water partition coefficient (Wildman–Crippen LogP) is 2.55. The first kappa shape index (κ1) is 13.7. The van der Waals surface area contributed by atoms with Crippen molar-refractivity contribution < 1.29 is 17.2 Å². The van der Waals surface area contributed by atoms with Crippen LogP contribution >= 0.6 is 11.6 Å². The quantitative estimate of drug-likeness (QED) is 0.803. The molecule has 1 aliphatic heterocycles. The number of benzene rings is 1. The molecule has 0 amide bonds. The van der Waals surface area contributed by atoms with Crippen molar-refractivity contribution >= 4 is 21.4 Å². The zero-order valence-electron chi connectivity index (χ0n) is 9.57. The van der Waals surface area contributed by atoms with Crippen LogP contribution in [0.5, 0.6) is 0 Å². The highest BCUT2D eigenvalue weighted by Gasteiger charge is 2.33. The summed E-state index contributed by atoms with van der Waals surface area (Å²) in [4.78, 5) is 0. The first-order valence-corrected chi connectivity index (χ1v) is 7.91. The first-order valence-electron chi connectivity index (χ1n) is 5.66. The summed E-state index contributed by atoms with van der Waals surface area (Å²) in [5, 5.41) is -0.442. The second-order valence-corrected chi connectivity index (χ2v) is 7.41. The van der Waals surface area contributed by atoms with Crippen molar-refractivity contribution in [2.45, 2.75) is 18.2 Å². The molecule has 2 rings (SSSR count). The van der Waals surface area contributed by atoms with Crippen LogP contribution in [0.1, 0.15) is 12.0 Å². The zero-order valence-corrected chi connectivity index (χ0v) is 11.1. The van der Waals surface area contributed by atoms with Crippen molar-refractivity contribution in [3.8, 4) is 0 Å². The summed E-state index contributed by atoms with van der Waals surface area (Å²) < 4.78 is 48.8. The maximum atomic E-state index is 13.4. The van der Waals surface area contributed by atoms with E-state index >= 15 is 0 Å². The average Bonchev–Trinajstić information content (AvgIpc) is 2.63. The van der Waals surface area contributed by atoms with E-state index in [2.05, 4.69) is 0 Å². The molecule has 1 saturated heterocycles. The fraction of sp³-hybridized carbons (Fsp3) is 0.500. The van der Waals surface area contributed by atoms with E-state index in [0.29, 0.717) is 12.0 Å². The first-order chi connectivity index (χ1) is 8.37. The Labute approximate surface area is 110 Å². The molecule has 0 aromatic heterocycles. The Bertz CT molecular complexity index is 545. The summed E-state index contributed by atoms with van der Waals surface area (Å²) in [5.74, 6) is -1.22. The Morgan fingerprint density at radius 2 is 2.11 bits per heavy atom. The molecule has 1 aromatic carbocycles. The summed E-state index contributed by atoms with van der Waals surface area (Å²) in [7, 11) is -2.99. The van der Waals surface area contributed by atoms with Gasteiger partial charge in [-0.3, -0.25) is 0 Å². The molecule has 1 fully saturated rings. The standard InChI is InChI=1S/C12H13ClF2O2S/c13-11(9-3-4-18(16,17)7-9)5-8-1-2-10(14)6-12(8)15/h1-2,6,9,11H,3-5,7H2. The molecule has 0 spiro atoms. The van der Waals surface area contributed by atoms with Crippen LogP contribution in [-0.2, 0) is 16.3 Å². The molecule has 0 N–H and O–H groups in total. The van der Waals surface area contributed by atoms with Gasteiger partial charge in [-0.25, -0.2) is 17.2 Å². The minimum Gasteiger partial charge on any atom is -0.229 e. The molecular weight excluding hydrogens is 282 g/mol. The Hall–Kier alpha value is -0.680. The highest BCUT2D eigenvalue weighted by atomic mass is 35.5. The summed E-state index contributed by atoms with van der Waals surface area (Å²) in [6, 6.07) is 3.33. The number of halogens is 3. The Kier molecular flexibility index (Phi) is 3.92. The molecule has 0 radical (unpaired) electrons. The maximum absolute atomic E-state index is 13.4. The topological polar surface area (TPSA) is 34.1 Å². The van der Waals surface area contributed by atoms with Gasteiger partial charge in [0.1, 0.15) is 11.6 Å². The summed E-state index contributed by atoms with van der Waals surface area (Å²) >= 11 is 6.14. The molecule has 18 heavy (non-hydrogen) atoms. The zero-order chi connectivity index (χ0) is 13.3. The van der Waals surface area contributed by atoms with Gasteiger partial charge in [-0.2, -0.15) is 0 Å². The molecule has 1 aliphatic rings. The molecule has 1 heterocycles. The van der Waals surface area contributed by atoms with Crippen LogP contribution in [0.15, 0.2) is 18.2 Å². The van der Waals surface area contributed by atoms with Crippen LogP contribution < -0.4 is 0 Å². The van der Waals surface area contributed by atoms with E-state index in [1.165, 1.54) is 12.1 Å². The van der Waals surface area contributed by atoms with Crippen LogP contribution in [0.2, 0.25) is 0 Å². The van der Waals surface area contributed by atoms with Crippen LogP contribution in [0.4, 0.5) is 8.78 Å². The number of rotatable bonds is 3. The van der Waals surface area contributed by atoms with Crippen molar-refractivity contribution in [1.29, 1.82) is 0 Å². The van der Waals surface area contributed by atoms with E-state index in [0.717, 1.165) is 6.07 Å². The van der Waals surface area contributed by atoms with Crippen molar-refractivity contribution in [3.05, 3.63) is 35.4 Å². The fourth-order valence-electron chi connectivity index (χ4n) is 2.17. The second-order valence-electron chi connectivity index (χ2n) is 4.62. The normalized spacial score (nSPS) is 24.1. The van der Waals surface area contributed by atoms with Crippen molar-refractivity contribution in [2.24, 2.45) is 5.92 Å². The van der Waals surface area contributed by atoms with Gasteiger partial charge in [-0.1, -0.05) is 6.07 Å². The van der Waals surface area contributed by atoms with Gasteiger partial charge in [-0.05, 0) is 30.4 Å². The molecule has 2 nitrogen and oxygen atoms in total. The smallest absolute Gasteiger partial charge is 0.150 e. The summed E-state index contributed by atoms with van der Waals surface area (Å²) in [6.07, 6.45) is 0.729. The van der Waals surface area contributed by atoms with E-state index in [1.54, 1.807) is 0 Å². The molecule has 0 aliphatic carbocycles. The number of hydrogen-bond acceptors (Lipinski definition) is 2. The van der Waals surface area contributed by atoms with Gasteiger partial charge in [-0.15, -0.1) is 11.6 Å². The monoisotopic (exact) mass is 294 g/mol. The molecule has 0 bridgehead atoms. The van der Waals surface area contributed by atoms with Crippen LogP contribution in [0.25, 0.3) is 0 Å². The predicted molar refractivity (Wildman–Crippen MR) is 66.5 cm³/mol. The van der Waals surface area contributed by atoms with E-state index in [4.69, 9.17) is 11.6 Å². The van der Waals surface area contributed by atoms with Crippen molar-refractivity contribution in [1.82, 2.24) is 0 Å². The van der Waals surface area contributed by atoms with E-state index < -0.39 is 26.8 Å². The van der Waals surface area contributed by atoms with Gasteiger partial charge in [0.05, 0.1) is 11.5 Å². The summed E-state index contributed by atoms with van der Waals surface area (Å²) in [5.41, 5.74) is 0.320. The summed E-state index contributed by atoms with van der Waals surface area (Å²) in [6.45, 7) is 0. The van der Waals surface area contributed by atoms with Crippen LogP contribution in [-0.4, -0.2) is 25.3 Å². The Morgan fingerprint density at radius 1 is 1.39 bits per heavy atom. The second kappa shape index (κ2) is 5.13. The third kappa shape index (κ3) is 3.20. The highest BCUT2D eigenvalue weighted by Crippen LogP contribution is 2.28. The third-order valence-corrected chi connectivity index (χ3v) is 5.51. The van der Waals surface area contributed by atoms with Gasteiger partial charge in [0.25, 0.3) is 0 Å². The minimum atomic E-state index is -2.99. The fourth-order valence-corrected chi connectivity index (χ4v) is 4.54. The number of hydrogen-bond donors (Lipinski definition) is 0. The molecule has 0 saturated carbocycles. The molecule has 2 unspecified atom stereocenters. The lowest BCUT2D eigenvalue weighted by Gasteiger charge is -2.15. The number of alkyl halides is 1. The Morgan fingerprint density at radius 3 is 2.67 bits per heavy atom. The Balaban J connectivity index is 2.05. The lowest BCUT2D eigenvalue weighted by molar-refractivity contribution is 0.529. The molecular formula is C12H13ClF2O2S. The minimum absolute atomic E-state index is 0.0595. The van der Waals surface area contributed by atoms with Crippen molar-refractivity contribution in [3.63, 3.8) is 0 Å². The SMILES string of the molecule is O=S1(=O)CCC(C(Cl)Cc2ccc(F)cc2F)C1. The van der Waals surface area contributed by atoms with Crippen molar-refractivity contribution in [2.75, 3.05) is 11.5 Å². The van der Waals surface area contributed by atoms with E-state index in [-0.39, 0.29) is 23.8 Å². The molecule has 2 atom stereocenters. The van der Waals surface area contributed by atoms with E-state index in [1.807, 2.05) is 0 Å². The molecule has 1 aromatic rings. The third-order valence-electron chi connectivity index (χ3n) is 3.21. The van der Waals surface area contributed by atoms with E-state index in [9.17, 15) is 17.2 Å². The average molecular weight is 295 g/mol.